The van der Waals surface area contributed by atoms with Crippen LogP contribution in [0, 0.1) is 0 Å². The van der Waals surface area contributed by atoms with E-state index in [2.05, 4.69) is 20.3 Å². The van der Waals surface area contributed by atoms with Gasteiger partial charge in [0.25, 0.3) is 5.91 Å². The van der Waals surface area contributed by atoms with Gasteiger partial charge in [0.2, 0.25) is 0 Å². The molecule has 0 unspecified atom stereocenters. The molecular formula is C14H12N4O. The van der Waals surface area contributed by atoms with Crippen LogP contribution in [0.4, 0.5) is 0 Å². The summed E-state index contributed by atoms with van der Waals surface area (Å²) in [7, 11) is 0. The van der Waals surface area contributed by atoms with Crippen LogP contribution in [0.2, 0.25) is 0 Å². The Hall–Kier alpha value is -2.69. The van der Waals surface area contributed by atoms with Crippen molar-refractivity contribution in [3.05, 3.63) is 60.2 Å². The smallest absolute Gasteiger partial charge is 0.253 e. The lowest BCUT2D eigenvalue weighted by Gasteiger charge is -2.05. The molecule has 0 aliphatic heterocycles. The van der Waals surface area contributed by atoms with E-state index < -0.39 is 0 Å². The summed E-state index contributed by atoms with van der Waals surface area (Å²) in [5.41, 5.74) is 2.92. The minimum Gasteiger partial charge on any atom is -0.346 e. The van der Waals surface area contributed by atoms with E-state index in [0.717, 1.165) is 11.2 Å². The van der Waals surface area contributed by atoms with Crippen LogP contribution >= 0.6 is 0 Å². The molecule has 0 radical (unpaired) electrons. The summed E-state index contributed by atoms with van der Waals surface area (Å²) in [6.07, 6.45) is 3.29. The Labute approximate surface area is 109 Å². The molecule has 0 bridgehead atoms. The molecule has 0 atom stereocenters. The van der Waals surface area contributed by atoms with Gasteiger partial charge in [0.15, 0.2) is 0 Å². The highest BCUT2D eigenvalue weighted by atomic mass is 16.1. The summed E-state index contributed by atoms with van der Waals surface area (Å²) < 4.78 is 0. The summed E-state index contributed by atoms with van der Waals surface area (Å²) in [4.78, 5) is 23.4. The zero-order valence-electron chi connectivity index (χ0n) is 10.1. The zero-order valence-corrected chi connectivity index (χ0v) is 10.1. The fourth-order valence-electron chi connectivity index (χ4n) is 1.92. The van der Waals surface area contributed by atoms with Crippen molar-refractivity contribution in [3.63, 3.8) is 0 Å². The molecule has 0 saturated carbocycles. The third-order valence-corrected chi connectivity index (χ3v) is 2.85. The lowest BCUT2D eigenvalue weighted by atomic mass is 10.1. The van der Waals surface area contributed by atoms with E-state index in [0.29, 0.717) is 17.6 Å². The second kappa shape index (κ2) is 4.89. The molecule has 2 aromatic heterocycles. The Bertz CT molecular complexity index is 706. The van der Waals surface area contributed by atoms with Crippen LogP contribution < -0.4 is 5.32 Å². The second-order valence-corrected chi connectivity index (χ2v) is 4.11. The summed E-state index contributed by atoms with van der Waals surface area (Å²) in [6.45, 7) is 0.403. The highest BCUT2D eigenvalue weighted by Gasteiger charge is 2.11. The molecule has 0 spiro atoms. The maximum atomic E-state index is 12.1. The number of benzene rings is 1. The van der Waals surface area contributed by atoms with Crippen molar-refractivity contribution < 1.29 is 4.79 Å². The summed E-state index contributed by atoms with van der Waals surface area (Å²) >= 11 is 0. The topological polar surface area (TPSA) is 70.7 Å². The van der Waals surface area contributed by atoms with Crippen molar-refractivity contribution >= 4 is 16.9 Å². The molecule has 0 aliphatic carbocycles. The molecular weight excluding hydrogens is 240 g/mol. The largest absolute Gasteiger partial charge is 0.346 e. The lowest BCUT2D eigenvalue weighted by molar-refractivity contribution is 0.0952. The molecule has 0 fully saturated rings. The Morgan fingerprint density at radius 1 is 1.16 bits per heavy atom. The van der Waals surface area contributed by atoms with Crippen LogP contribution in [0.5, 0.6) is 0 Å². The summed E-state index contributed by atoms with van der Waals surface area (Å²) in [6, 6.07) is 11.1. The van der Waals surface area contributed by atoms with Gasteiger partial charge in [0.1, 0.15) is 5.52 Å². The third-order valence-electron chi connectivity index (χ3n) is 2.85. The predicted octanol–water partition coefficient (Wildman–Crippen LogP) is 1.89. The van der Waals surface area contributed by atoms with E-state index in [-0.39, 0.29) is 5.91 Å². The van der Waals surface area contributed by atoms with Crippen molar-refractivity contribution in [1.82, 2.24) is 20.3 Å². The molecule has 3 aromatic rings. The number of nitrogens with zero attached hydrogens (tertiary/aromatic N) is 2. The molecule has 2 heterocycles. The van der Waals surface area contributed by atoms with Gasteiger partial charge in [-0.3, -0.25) is 9.78 Å². The first kappa shape index (κ1) is 11.4. The molecule has 0 aliphatic rings. The summed E-state index contributed by atoms with van der Waals surface area (Å²) in [5.74, 6) is -0.150. The minimum atomic E-state index is -0.150. The number of pyridine rings is 1. The van der Waals surface area contributed by atoms with Gasteiger partial charge in [-0.15, -0.1) is 0 Å². The van der Waals surface area contributed by atoms with Gasteiger partial charge in [-0.2, -0.15) is 0 Å². The normalized spacial score (nSPS) is 10.5. The molecule has 3 rings (SSSR count). The van der Waals surface area contributed by atoms with Gasteiger partial charge in [0.05, 0.1) is 29.6 Å². The van der Waals surface area contributed by atoms with E-state index in [4.69, 9.17) is 0 Å². The average molecular weight is 252 g/mol. The van der Waals surface area contributed by atoms with Gasteiger partial charge in [-0.25, -0.2) is 4.98 Å². The summed E-state index contributed by atoms with van der Waals surface area (Å²) in [5, 5.41) is 2.84. The SMILES string of the molecule is O=C(NCc1ccccn1)c1cccc2[nH]cnc12. The number of amides is 1. The van der Waals surface area contributed by atoms with Crippen LogP contribution in [0.25, 0.3) is 11.0 Å². The fourth-order valence-corrected chi connectivity index (χ4v) is 1.92. The van der Waals surface area contributed by atoms with Crippen LogP contribution in [-0.2, 0) is 6.54 Å². The number of fused-ring (bicyclic) bond motifs is 1. The second-order valence-electron chi connectivity index (χ2n) is 4.11. The average Bonchev–Trinajstić information content (AvgIpc) is 2.94. The van der Waals surface area contributed by atoms with Crippen molar-refractivity contribution in [2.45, 2.75) is 6.54 Å². The number of rotatable bonds is 3. The zero-order chi connectivity index (χ0) is 13.1. The quantitative estimate of drug-likeness (QED) is 0.747. The standard InChI is InChI=1S/C14H12N4O/c19-14(16-8-10-4-1-2-7-15-10)11-5-3-6-12-13(11)18-9-17-12/h1-7,9H,8H2,(H,16,19)(H,17,18). The molecule has 5 nitrogen and oxygen atoms in total. The molecule has 2 N–H and O–H groups in total. The van der Waals surface area contributed by atoms with Gasteiger partial charge in [-0.1, -0.05) is 12.1 Å². The number of carbonyl (C=O) groups is 1. The molecule has 0 saturated heterocycles. The molecule has 19 heavy (non-hydrogen) atoms. The first-order valence-corrected chi connectivity index (χ1v) is 5.95. The number of hydrogen-bond acceptors (Lipinski definition) is 3. The number of para-hydroxylation sites is 1. The first-order chi connectivity index (χ1) is 9.34. The predicted molar refractivity (Wildman–Crippen MR) is 71.5 cm³/mol. The number of imidazole rings is 1. The number of H-pyrrole nitrogens is 1. The van der Waals surface area contributed by atoms with Crippen LogP contribution in [0.15, 0.2) is 48.9 Å². The Balaban J connectivity index is 1.79. The number of aromatic amines is 1. The Morgan fingerprint density at radius 2 is 2.11 bits per heavy atom. The van der Waals surface area contributed by atoms with Gasteiger partial charge in [-0.05, 0) is 24.3 Å². The third kappa shape index (κ3) is 2.30. The molecule has 94 valence electrons. The highest BCUT2D eigenvalue weighted by molar-refractivity contribution is 6.04. The van der Waals surface area contributed by atoms with Crippen molar-refractivity contribution in [1.29, 1.82) is 0 Å². The first-order valence-electron chi connectivity index (χ1n) is 5.95. The Kier molecular flexibility index (Phi) is 2.94. The van der Waals surface area contributed by atoms with Crippen molar-refractivity contribution in [2.75, 3.05) is 0 Å². The molecule has 1 amide bonds. The van der Waals surface area contributed by atoms with Gasteiger partial charge in [0, 0.05) is 6.20 Å². The molecule has 5 heteroatoms. The van der Waals surface area contributed by atoms with E-state index in [1.807, 2.05) is 30.3 Å². The van der Waals surface area contributed by atoms with Crippen molar-refractivity contribution in [3.8, 4) is 0 Å². The van der Waals surface area contributed by atoms with Crippen LogP contribution in [0.3, 0.4) is 0 Å². The monoisotopic (exact) mass is 252 g/mol. The van der Waals surface area contributed by atoms with E-state index in [1.165, 1.54) is 0 Å². The number of carbonyl (C=O) groups excluding carboxylic acids is 1. The lowest BCUT2D eigenvalue weighted by Crippen LogP contribution is -2.23. The fraction of sp³-hybridized carbons (Fsp3) is 0.0714. The Morgan fingerprint density at radius 3 is 2.95 bits per heavy atom. The molecule has 1 aromatic carbocycles. The number of nitrogens with one attached hydrogen (secondary N) is 2. The van der Waals surface area contributed by atoms with Crippen LogP contribution in [-0.4, -0.2) is 20.9 Å². The van der Waals surface area contributed by atoms with Gasteiger partial charge < -0.3 is 10.3 Å². The van der Waals surface area contributed by atoms with E-state index >= 15 is 0 Å². The van der Waals surface area contributed by atoms with Crippen molar-refractivity contribution in [2.24, 2.45) is 0 Å². The number of aromatic nitrogens is 3. The van der Waals surface area contributed by atoms with E-state index in [9.17, 15) is 4.79 Å². The van der Waals surface area contributed by atoms with Crippen LogP contribution in [0.1, 0.15) is 16.1 Å². The maximum absolute atomic E-state index is 12.1. The van der Waals surface area contributed by atoms with E-state index in [1.54, 1.807) is 18.6 Å². The maximum Gasteiger partial charge on any atom is 0.253 e. The highest BCUT2D eigenvalue weighted by Crippen LogP contribution is 2.14. The number of hydrogen-bond donors (Lipinski definition) is 2. The van der Waals surface area contributed by atoms with Gasteiger partial charge >= 0.3 is 0 Å². The minimum absolute atomic E-state index is 0.150.